The SMILES string of the molecule is OCCN1C[C@@H]2C[C@H]1CN2CCF. The van der Waals surface area contributed by atoms with Crippen LogP contribution in [0.25, 0.3) is 0 Å². The Morgan fingerprint density at radius 2 is 1.77 bits per heavy atom. The summed E-state index contributed by atoms with van der Waals surface area (Å²) in [7, 11) is 0. The lowest BCUT2D eigenvalue weighted by Gasteiger charge is -2.33. The van der Waals surface area contributed by atoms with Gasteiger partial charge in [-0.25, -0.2) is 4.39 Å². The summed E-state index contributed by atoms with van der Waals surface area (Å²) in [4.78, 5) is 4.55. The van der Waals surface area contributed by atoms with E-state index in [1.807, 2.05) is 0 Å². The van der Waals surface area contributed by atoms with Crippen LogP contribution in [-0.4, -0.2) is 66.5 Å². The standard InChI is InChI=1S/C9H17FN2O/c10-1-2-11-6-9-5-8(11)7-12(9)3-4-13/h8-9,13H,1-7H2/t8-,9-/m0/s1. The molecule has 13 heavy (non-hydrogen) atoms. The van der Waals surface area contributed by atoms with Gasteiger partial charge in [-0.2, -0.15) is 0 Å². The van der Waals surface area contributed by atoms with Gasteiger partial charge < -0.3 is 5.11 Å². The Morgan fingerprint density at radius 3 is 2.23 bits per heavy atom. The summed E-state index contributed by atoms with van der Waals surface area (Å²) < 4.78 is 12.1. The summed E-state index contributed by atoms with van der Waals surface area (Å²) in [6, 6.07) is 1.12. The average Bonchev–Trinajstić information content (AvgIpc) is 2.65. The van der Waals surface area contributed by atoms with Crippen molar-refractivity contribution in [1.29, 1.82) is 0 Å². The molecule has 2 bridgehead atoms. The van der Waals surface area contributed by atoms with Gasteiger partial charge in [-0.3, -0.25) is 9.80 Å². The van der Waals surface area contributed by atoms with Gasteiger partial charge in [0.25, 0.3) is 0 Å². The Balaban J connectivity index is 1.84. The second-order valence-electron chi connectivity index (χ2n) is 3.95. The third kappa shape index (κ3) is 1.71. The minimum absolute atomic E-state index is 0.233. The number of hydrogen-bond donors (Lipinski definition) is 1. The topological polar surface area (TPSA) is 26.7 Å². The fourth-order valence-electron chi connectivity index (χ4n) is 2.62. The molecule has 0 aromatic heterocycles. The number of alkyl halides is 1. The van der Waals surface area contributed by atoms with Crippen molar-refractivity contribution in [2.75, 3.05) is 39.5 Å². The maximum absolute atomic E-state index is 12.1. The molecule has 0 amide bonds. The van der Waals surface area contributed by atoms with Gasteiger partial charge in [-0.15, -0.1) is 0 Å². The highest BCUT2D eigenvalue weighted by molar-refractivity contribution is 4.99. The van der Waals surface area contributed by atoms with E-state index in [2.05, 4.69) is 9.80 Å². The molecule has 76 valence electrons. The van der Waals surface area contributed by atoms with E-state index in [0.717, 1.165) is 19.6 Å². The molecule has 2 saturated heterocycles. The molecule has 2 aliphatic rings. The van der Waals surface area contributed by atoms with Gasteiger partial charge in [-0.05, 0) is 6.42 Å². The molecule has 3 nitrogen and oxygen atoms in total. The van der Waals surface area contributed by atoms with Crippen LogP contribution in [0.2, 0.25) is 0 Å². The number of halogens is 1. The molecule has 0 aromatic carbocycles. The molecule has 2 atom stereocenters. The van der Waals surface area contributed by atoms with E-state index >= 15 is 0 Å². The first-order valence-electron chi connectivity index (χ1n) is 5.00. The van der Waals surface area contributed by atoms with Gasteiger partial charge in [0, 0.05) is 38.3 Å². The molecule has 1 N–H and O–H groups in total. The van der Waals surface area contributed by atoms with Crippen LogP contribution in [-0.2, 0) is 0 Å². The Kier molecular flexibility index (Phi) is 2.81. The maximum atomic E-state index is 12.1. The molecule has 0 radical (unpaired) electrons. The number of β-amino-alcohol motifs (C(OH)–C–C–N with tert-alkyl or cyclic N) is 1. The molecule has 4 heteroatoms. The van der Waals surface area contributed by atoms with Crippen LogP contribution in [0, 0.1) is 0 Å². The third-order valence-electron chi connectivity index (χ3n) is 3.23. The number of aliphatic hydroxyl groups is 1. The highest BCUT2D eigenvalue weighted by Gasteiger charge is 2.42. The van der Waals surface area contributed by atoms with E-state index < -0.39 is 0 Å². The number of aliphatic hydroxyl groups excluding tert-OH is 1. The molecule has 0 aliphatic carbocycles. The van der Waals surface area contributed by atoms with Gasteiger partial charge in [0.2, 0.25) is 0 Å². The van der Waals surface area contributed by atoms with E-state index in [1.165, 1.54) is 6.42 Å². The smallest absolute Gasteiger partial charge is 0.102 e. The number of hydrogen-bond acceptors (Lipinski definition) is 3. The summed E-state index contributed by atoms with van der Waals surface area (Å²) in [6.07, 6.45) is 1.17. The molecule has 2 heterocycles. The molecule has 2 rings (SSSR count). The summed E-state index contributed by atoms with van der Waals surface area (Å²) >= 11 is 0. The highest BCUT2D eigenvalue weighted by atomic mass is 19.1. The van der Waals surface area contributed by atoms with Crippen molar-refractivity contribution in [2.24, 2.45) is 0 Å². The molecule has 0 spiro atoms. The largest absolute Gasteiger partial charge is 0.395 e. The number of likely N-dealkylation sites (tertiary alicyclic amines) is 2. The minimum Gasteiger partial charge on any atom is -0.395 e. The normalized spacial score (nSPS) is 34.6. The molecular weight excluding hydrogens is 171 g/mol. The monoisotopic (exact) mass is 188 g/mol. The highest BCUT2D eigenvalue weighted by Crippen LogP contribution is 2.29. The Morgan fingerprint density at radius 1 is 1.15 bits per heavy atom. The van der Waals surface area contributed by atoms with Crippen LogP contribution in [0.15, 0.2) is 0 Å². The van der Waals surface area contributed by atoms with Gasteiger partial charge in [-0.1, -0.05) is 0 Å². The van der Waals surface area contributed by atoms with Crippen LogP contribution in [0.4, 0.5) is 4.39 Å². The molecule has 2 fully saturated rings. The summed E-state index contributed by atoms with van der Waals surface area (Å²) in [6.45, 7) is 3.40. The third-order valence-corrected chi connectivity index (χ3v) is 3.23. The van der Waals surface area contributed by atoms with E-state index in [4.69, 9.17) is 5.11 Å². The van der Waals surface area contributed by atoms with Gasteiger partial charge in [0.1, 0.15) is 6.67 Å². The van der Waals surface area contributed by atoms with Gasteiger partial charge in [0.05, 0.1) is 6.61 Å². The average molecular weight is 188 g/mol. The summed E-state index contributed by atoms with van der Waals surface area (Å²) in [5, 5.41) is 8.81. The van der Waals surface area contributed by atoms with Crippen molar-refractivity contribution in [1.82, 2.24) is 9.80 Å². The fourth-order valence-corrected chi connectivity index (χ4v) is 2.62. The maximum Gasteiger partial charge on any atom is 0.102 e. The van der Waals surface area contributed by atoms with Crippen molar-refractivity contribution in [3.8, 4) is 0 Å². The number of nitrogens with zero attached hydrogens (tertiary/aromatic N) is 2. The van der Waals surface area contributed by atoms with Crippen molar-refractivity contribution >= 4 is 0 Å². The second kappa shape index (κ2) is 3.90. The van der Waals surface area contributed by atoms with Crippen LogP contribution < -0.4 is 0 Å². The Hall–Kier alpha value is -0.190. The van der Waals surface area contributed by atoms with E-state index in [1.54, 1.807) is 0 Å². The first kappa shape index (κ1) is 9.37. The van der Waals surface area contributed by atoms with Crippen LogP contribution in [0.5, 0.6) is 0 Å². The zero-order valence-electron chi connectivity index (χ0n) is 7.82. The summed E-state index contributed by atoms with van der Waals surface area (Å²) in [5.41, 5.74) is 0. The van der Waals surface area contributed by atoms with Crippen molar-refractivity contribution < 1.29 is 9.50 Å². The fraction of sp³-hybridized carbons (Fsp3) is 1.00. The predicted molar refractivity (Wildman–Crippen MR) is 48.4 cm³/mol. The lowest BCUT2D eigenvalue weighted by Crippen LogP contribution is -2.47. The molecule has 0 unspecified atom stereocenters. The number of piperazine rings is 1. The predicted octanol–water partition coefficient (Wildman–Crippen LogP) is -0.293. The first-order chi connectivity index (χ1) is 6.35. The van der Waals surface area contributed by atoms with Crippen LogP contribution >= 0.6 is 0 Å². The van der Waals surface area contributed by atoms with Crippen LogP contribution in [0.1, 0.15) is 6.42 Å². The van der Waals surface area contributed by atoms with Crippen LogP contribution in [0.3, 0.4) is 0 Å². The first-order valence-corrected chi connectivity index (χ1v) is 5.00. The van der Waals surface area contributed by atoms with Crippen molar-refractivity contribution in [3.63, 3.8) is 0 Å². The van der Waals surface area contributed by atoms with Crippen molar-refractivity contribution in [3.05, 3.63) is 0 Å². The van der Waals surface area contributed by atoms with Crippen molar-refractivity contribution in [2.45, 2.75) is 18.5 Å². The van der Waals surface area contributed by atoms with Gasteiger partial charge in [0.15, 0.2) is 0 Å². The lowest BCUT2D eigenvalue weighted by atomic mass is 10.2. The van der Waals surface area contributed by atoms with E-state index in [9.17, 15) is 4.39 Å². The van der Waals surface area contributed by atoms with E-state index in [-0.39, 0.29) is 13.3 Å². The minimum atomic E-state index is -0.233. The second-order valence-corrected chi connectivity index (χ2v) is 3.95. The van der Waals surface area contributed by atoms with E-state index in [0.29, 0.717) is 18.6 Å². The summed E-state index contributed by atoms with van der Waals surface area (Å²) in [5.74, 6) is 0. The molecule has 0 aromatic rings. The Bertz CT molecular complexity index is 161. The zero-order chi connectivity index (χ0) is 9.26. The van der Waals surface area contributed by atoms with Gasteiger partial charge >= 0.3 is 0 Å². The quantitative estimate of drug-likeness (QED) is 0.656. The number of fused-ring (bicyclic) bond motifs is 2. The molecular formula is C9H17FN2O. The zero-order valence-corrected chi connectivity index (χ0v) is 7.82. The Labute approximate surface area is 78.1 Å². The molecule has 2 aliphatic heterocycles. The lowest BCUT2D eigenvalue weighted by molar-refractivity contribution is 0.105. The molecule has 0 saturated carbocycles. The number of rotatable bonds is 4.